The van der Waals surface area contributed by atoms with Gasteiger partial charge < -0.3 is 15.4 Å². The minimum atomic E-state index is 0. The van der Waals surface area contributed by atoms with E-state index in [-0.39, 0.29) is 36.8 Å². The maximum Gasteiger partial charge on any atom is 0.222 e. The number of ether oxygens (including phenoxy) is 1. The van der Waals surface area contributed by atoms with Crippen molar-refractivity contribution >= 4 is 42.3 Å². The minimum absolute atomic E-state index is 0. The molecule has 1 fully saturated rings. The molecule has 0 saturated carbocycles. The molecule has 1 unspecified atom stereocenters. The monoisotopic (exact) mass is 411 g/mol. The second kappa shape index (κ2) is 12.6. The van der Waals surface area contributed by atoms with Crippen LogP contribution in [-0.4, -0.2) is 61.1 Å². The van der Waals surface area contributed by atoms with E-state index >= 15 is 0 Å². The zero-order valence-electron chi connectivity index (χ0n) is 14.5. The Labute approximate surface area is 167 Å². The first kappa shape index (κ1) is 24.3. The number of nitrogens with two attached hydrogens (primary N) is 1. The normalized spacial score (nSPS) is 15.7. The van der Waals surface area contributed by atoms with Gasteiger partial charge in [0.05, 0.1) is 5.02 Å². The third kappa shape index (κ3) is 8.47. The average Bonchev–Trinajstić information content (AvgIpc) is 2.55. The second-order valence-electron chi connectivity index (χ2n) is 6.02. The van der Waals surface area contributed by atoms with Gasteiger partial charge in [-0.25, -0.2) is 0 Å². The number of nitrogens with zero attached hydrogens (tertiary/aromatic N) is 2. The van der Waals surface area contributed by atoms with Crippen LogP contribution in [-0.2, 0) is 4.79 Å². The Morgan fingerprint density at radius 1 is 1.24 bits per heavy atom. The fraction of sp³-hybridized carbons (Fsp3) is 0.588. The van der Waals surface area contributed by atoms with Gasteiger partial charge in [0.2, 0.25) is 5.91 Å². The van der Waals surface area contributed by atoms with Crippen LogP contribution in [0.15, 0.2) is 24.3 Å². The molecule has 1 saturated heterocycles. The van der Waals surface area contributed by atoms with E-state index in [1.807, 2.05) is 36.1 Å². The smallest absolute Gasteiger partial charge is 0.222 e. The zero-order valence-corrected chi connectivity index (χ0v) is 16.9. The Kier molecular flexibility index (Phi) is 12.2. The molecule has 144 valence electrons. The molecular formula is C17H28Cl3N3O2. The van der Waals surface area contributed by atoms with E-state index in [0.717, 1.165) is 44.9 Å². The van der Waals surface area contributed by atoms with Crippen LogP contribution in [0.1, 0.15) is 19.8 Å². The molecule has 1 heterocycles. The van der Waals surface area contributed by atoms with E-state index in [2.05, 4.69) is 4.90 Å². The first-order valence-electron chi connectivity index (χ1n) is 8.19. The summed E-state index contributed by atoms with van der Waals surface area (Å²) in [5.74, 6) is 0.938. The molecule has 0 radical (unpaired) electrons. The highest BCUT2D eigenvalue weighted by Crippen LogP contribution is 2.22. The molecule has 1 aliphatic rings. The average molecular weight is 413 g/mol. The van der Waals surface area contributed by atoms with Crippen LogP contribution in [0.2, 0.25) is 5.02 Å². The van der Waals surface area contributed by atoms with Crippen LogP contribution < -0.4 is 10.5 Å². The lowest BCUT2D eigenvalue weighted by atomic mass is 10.1. The minimum Gasteiger partial charge on any atom is -0.491 e. The van der Waals surface area contributed by atoms with Gasteiger partial charge in [0.25, 0.3) is 0 Å². The summed E-state index contributed by atoms with van der Waals surface area (Å²) in [5, 5.41) is 0.636. The highest BCUT2D eigenvalue weighted by molar-refractivity contribution is 6.32. The van der Waals surface area contributed by atoms with Gasteiger partial charge in [-0.2, -0.15) is 0 Å². The molecule has 2 rings (SSSR count). The zero-order chi connectivity index (χ0) is 16.7. The Hall–Kier alpha value is -0.720. The Morgan fingerprint density at radius 3 is 2.48 bits per heavy atom. The van der Waals surface area contributed by atoms with E-state index in [1.165, 1.54) is 0 Å². The predicted octanol–water partition coefficient (Wildman–Crippen LogP) is 2.83. The number of rotatable bonds is 7. The van der Waals surface area contributed by atoms with E-state index in [1.54, 1.807) is 0 Å². The van der Waals surface area contributed by atoms with Crippen molar-refractivity contribution in [2.24, 2.45) is 5.73 Å². The number of hydrogen-bond donors (Lipinski definition) is 1. The van der Waals surface area contributed by atoms with Crippen molar-refractivity contribution in [3.05, 3.63) is 29.3 Å². The van der Waals surface area contributed by atoms with Gasteiger partial charge in [0, 0.05) is 45.2 Å². The van der Waals surface area contributed by atoms with Crippen molar-refractivity contribution in [3.8, 4) is 5.75 Å². The van der Waals surface area contributed by atoms with Crippen molar-refractivity contribution in [3.63, 3.8) is 0 Å². The fourth-order valence-corrected chi connectivity index (χ4v) is 2.77. The molecule has 8 heteroatoms. The third-order valence-electron chi connectivity index (χ3n) is 4.04. The quantitative estimate of drug-likeness (QED) is 0.748. The second-order valence-corrected chi connectivity index (χ2v) is 6.42. The number of para-hydroxylation sites is 1. The van der Waals surface area contributed by atoms with Crippen molar-refractivity contribution < 1.29 is 9.53 Å². The number of hydrogen-bond acceptors (Lipinski definition) is 4. The Bertz CT molecular complexity index is 510. The van der Waals surface area contributed by atoms with Gasteiger partial charge in [-0.1, -0.05) is 23.7 Å². The molecule has 25 heavy (non-hydrogen) atoms. The maximum atomic E-state index is 12.1. The predicted molar refractivity (Wildman–Crippen MR) is 107 cm³/mol. The number of benzene rings is 1. The van der Waals surface area contributed by atoms with Crippen LogP contribution in [0, 0.1) is 0 Å². The van der Waals surface area contributed by atoms with Gasteiger partial charge in [-0.3, -0.25) is 9.69 Å². The lowest BCUT2D eigenvalue weighted by molar-refractivity contribution is -0.133. The standard InChI is InChI=1S/C17H26ClN3O2.2ClH/c1-14(19)6-7-17(22)21-10-8-20(9-11-21)12-13-23-16-5-3-2-4-15(16)18;;/h2-5,14H,6-13,19H2,1H3;2*1H. The summed E-state index contributed by atoms with van der Waals surface area (Å²) in [4.78, 5) is 16.3. The summed E-state index contributed by atoms with van der Waals surface area (Å²) in [7, 11) is 0. The summed E-state index contributed by atoms with van der Waals surface area (Å²) in [6.45, 7) is 6.71. The largest absolute Gasteiger partial charge is 0.491 e. The van der Waals surface area contributed by atoms with Crippen LogP contribution >= 0.6 is 36.4 Å². The van der Waals surface area contributed by atoms with Gasteiger partial charge in [-0.05, 0) is 25.5 Å². The third-order valence-corrected chi connectivity index (χ3v) is 4.35. The topological polar surface area (TPSA) is 58.8 Å². The van der Waals surface area contributed by atoms with Gasteiger partial charge >= 0.3 is 0 Å². The Morgan fingerprint density at radius 2 is 1.88 bits per heavy atom. The van der Waals surface area contributed by atoms with E-state index in [9.17, 15) is 4.79 Å². The summed E-state index contributed by atoms with van der Waals surface area (Å²) in [6.07, 6.45) is 1.30. The molecule has 5 nitrogen and oxygen atoms in total. The SMILES string of the molecule is CC(N)CCC(=O)N1CCN(CCOc2ccccc2Cl)CC1.Cl.Cl. The summed E-state index contributed by atoms with van der Waals surface area (Å²) >= 11 is 6.06. The van der Waals surface area contributed by atoms with Crippen molar-refractivity contribution in [2.45, 2.75) is 25.8 Å². The highest BCUT2D eigenvalue weighted by atomic mass is 35.5. The van der Waals surface area contributed by atoms with Gasteiger partial charge in [0.15, 0.2) is 0 Å². The number of carbonyl (C=O) groups is 1. The number of halogens is 3. The number of carbonyl (C=O) groups excluding carboxylic acids is 1. The van der Waals surface area contributed by atoms with Crippen LogP contribution in [0.5, 0.6) is 5.75 Å². The fourth-order valence-electron chi connectivity index (χ4n) is 2.58. The molecule has 0 aliphatic carbocycles. The molecule has 1 aromatic rings. The molecule has 1 aromatic carbocycles. The van der Waals surface area contributed by atoms with E-state index in [0.29, 0.717) is 18.1 Å². The molecule has 0 spiro atoms. The van der Waals surface area contributed by atoms with Crippen LogP contribution in [0.3, 0.4) is 0 Å². The molecule has 2 N–H and O–H groups in total. The van der Waals surface area contributed by atoms with Gasteiger partial charge in [0.1, 0.15) is 12.4 Å². The van der Waals surface area contributed by atoms with Crippen molar-refractivity contribution in [1.82, 2.24) is 9.80 Å². The van der Waals surface area contributed by atoms with Crippen molar-refractivity contribution in [2.75, 3.05) is 39.3 Å². The highest BCUT2D eigenvalue weighted by Gasteiger charge is 2.20. The first-order chi connectivity index (χ1) is 11.1. The van der Waals surface area contributed by atoms with Crippen LogP contribution in [0.25, 0.3) is 0 Å². The summed E-state index contributed by atoms with van der Waals surface area (Å²) < 4.78 is 5.71. The maximum absolute atomic E-state index is 12.1. The lowest BCUT2D eigenvalue weighted by Gasteiger charge is -2.34. The van der Waals surface area contributed by atoms with Crippen molar-refractivity contribution in [1.29, 1.82) is 0 Å². The van der Waals surface area contributed by atoms with Gasteiger partial charge in [-0.15, -0.1) is 24.8 Å². The number of piperazine rings is 1. The summed E-state index contributed by atoms with van der Waals surface area (Å²) in [6, 6.07) is 7.58. The molecule has 1 amide bonds. The summed E-state index contributed by atoms with van der Waals surface area (Å²) in [5.41, 5.74) is 5.70. The van der Waals surface area contributed by atoms with E-state index in [4.69, 9.17) is 22.1 Å². The molecule has 1 aliphatic heterocycles. The molecule has 0 aromatic heterocycles. The Balaban J connectivity index is 0.00000288. The first-order valence-corrected chi connectivity index (χ1v) is 8.57. The lowest BCUT2D eigenvalue weighted by Crippen LogP contribution is -2.49. The molecule has 1 atom stereocenters. The number of amides is 1. The van der Waals surface area contributed by atoms with E-state index < -0.39 is 0 Å². The molecular weight excluding hydrogens is 385 g/mol. The van der Waals surface area contributed by atoms with Crippen LogP contribution in [0.4, 0.5) is 0 Å². The molecule has 0 bridgehead atoms.